The van der Waals surface area contributed by atoms with E-state index < -0.39 is 15.9 Å². The zero-order valence-corrected chi connectivity index (χ0v) is 22.4. The maximum atomic E-state index is 11.9. The number of aromatic nitrogens is 2. The molecule has 2 aromatic heterocycles. The second-order valence-corrected chi connectivity index (χ2v) is 11.2. The summed E-state index contributed by atoms with van der Waals surface area (Å²) in [5.74, 6) is 1.62. The Balaban J connectivity index is 1.26. The molecule has 5 aromatic rings. The first-order chi connectivity index (χ1) is 19.3. The van der Waals surface area contributed by atoms with Gasteiger partial charge in [0.15, 0.2) is 0 Å². The molecular formula is C29H26N4O6S. The third-order valence-corrected chi connectivity index (χ3v) is 6.75. The van der Waals surface area contributed by atoms with Gasteiger partial charge in [0, 0.05) is 35.5 Å². The van der Waals surface area contributed by atoms with Gasteiger partial charge in [0.2, 0.25) is 0 Å². The summed E-state index contributed by atoms with van der Waals surface area (Å²) in [4.78, 5) is 20.7. The van der Waals surface area contributed by atoms with Crippen LogP contribution in [0, 0.1) is 0 Å². The molecule has 1 amide bonds. The maximum absolute atomic E-state index is 11.9. The van der Waals surface area contributed by atoms with Crippen LogP contribution in [0.5, 0.6) is 11.7 Å². The second kappa shape index (κ2) is 11.9. The number of fused-ring (bicyclic) bond motifs is 1. The van der Waals surface area contributed by atoms with Crippen molar-refractivity contribution in [3.05, 3.63) is 96.8 Å². The average Bonchev–Trinajstić information content (AvgIpc) is 3.41. The first kappa shape index (κ1) is 26.7. The van der Waals surface area contributed by atoms with Crippen molar-refractivity contribution in [1.82, 2.24) is 15.3 Å². The summed E-state index contributed by atoms with van der Waals surface area (Å²) in [6.45, 7) is 0.426. The molecular weight excluding hydrogens is 532 g/mol. The van der Waals surface area contributed by atoms with Crippen LogP contribution in [0.15, 0.2) is 95.7 Å². The zero-order chi connectivity index (χ0) is 28.0. The summed E-state index contributed by atoms with van der Waals surface area (Å²) in [7, 11) is -3.19. The molecule has 204 valence electrons. The van der Waals surface area contributed by atoms with Gasteiger partial charge in [0.1, 0.15) is 40.1 Å². The molecule has 0 aliphatic rings. The van der Waals surface area contributed by atoms with Crippen molar-refractivity contribution >= 4 is 38.3 Å². The number of benzene rings is 3. The highest BCUT2D eigenvalue weighted by Gasteiger charge is 2.13. The number of anilines is 2. The predicted molar refractivity (Wildman–Crippen MR) is 151 cm³/mol. The van der Waals surface area contributed by atoms with E-state index >= 15 is 0 Å². The number of sulfone groups is 1. The number of nitrogens with zero attached hydrogens (tertiary/aromatic N) is 2. The first-order valence-corrected chi connectivity index (χ1v) is 14.4. The standard InChI is InChI=1S/C29H26N4O6S/c1-40(35,36)16-15-30-29(34)39-27-14-13-26(38-27)21-7-12-25-24(17-21)28(32-19-31-25)33-22-8-10-23(11-9-22)37-18-20-5-3-2-4-6-20/h2-14,17,19H,15-16,18H2,1H3,(H,30,34)(H,31,32,33). The lowest BCUT2D eigenvalue weighted by molar-refractivity contribution is 0.189. The largest absolute Gasteiger partial charge is 0.489 e. The SMILES string of the molecule is CS(=O)(=O)CCNC(=O)Oc1ccc(-c2ccc3ncnc(Nc4ccc(OCc5ccccc5)cc4)c3c2)o1. The van der Waals surface area contributed by atoms with Gasteiger partial charge in [-0.2, -0.15) is 0 Å². The number of carbonyl (C=O) groups is 1. The van der Waals surface area contributed by atoms with Crippen molar-refractivity contribution in [2.75, 3.05) is 23.9 Å². The monoisotopic (exact) mass is 558 g/mol. The number of amides is 1. The molecule has 2 N–H and O–H groups in total. The maximum Gasteiger partial charge on any atom is 0.415 e. The first-order valence-electron chi connectivity index (χ1n) is 12.3. The van der Waals surface area contributed by atoms with Gasteiger partial charge >= 0.3 is 6.09 Å². The van der Waals surface area contributed by atoms with Crippen LogP contribution >= 0.6 is 0 Å². The van der Waals surface area contributed by atoms with E-state index in [0.717, 1.165) is 39.7 Å². The van der Waals surface area contributed by atoms with E-state index in [4.69, 9.17) is 13.9 Å². The topological polar surface area (TPSA) is 133 Å². The number of hydrogen-bond donors (Lipinski definition) is 2. The van der Waals surface area contributed by atoms with Crippen LogP contribution in [0.1, 0.15) is 5.56 Å². The lowest BCUT2D eigenvalue weighted by Gasteiger charge is -2.11. The van der Waals surface area contributed by atoms with Crippen molar-refractivity contribution in [1.29, 1.82) is 0 Å². The number of furan rings is 1. The Morgan fingerprint density at radius 3 is 2.52 bits per heavy atom. The Bertz CT molecular complexity index is 1720. The lowest BCUT2D eigenvalue weighted by Crippen LogP contribution is -2.31. The predicted octanol–water partition coefficient (Wildman–Crippen LogP) is 5.35. The molecule has 0 bridgehead atoms. The van der Waals surface area contributed by atoms with Gasteiger partial charge in [-0.05, 0) is 54.1 Å². The van der Waals surface area contributed by atoms with Crippen LogP contribution in [-0.4, -0.2) is 43.0 Å². The van der Waals surface area contributed by atoms with Crippen molar-refractivity contribution in [3.63, 3.8) is 0 Å². The Labute approximate surface area is 230 Å². The Morgan fingerprint density at radius 2 is 1.75 bits per heavy atom. The summed E-state index contributed by atoms with van der Waals surface area (Å²) in [5, 5.41) is 6.47. The molecule has 10 nitrogen and oxygen atoms in total. The third kappa shape index (κ3) is 7.14. The van der Waals surface area contributed by atoms with E-state index in [1.807, 2.05) is 72.8 Å². The van der Waals surface area contributed by atoms with Crippen LogP contribution in [0.4, 0.5) is 16.3 Å². The summed E-state index contributed by atoms with van der Waals surface area (Å²) in [6, 6.07) is 26.3. The number of hydrogen-bond acceptors (Lipinski definition) is 9. The molecule has 11 heteroatoms. The van der Waals surface area contributed by atoms with E-state index in [0.29, 0.717) is 18.2 Å². The lowest BCUT2D eigenvalue weighted by atomic mass is 10.1. The molecule has 0 fully saturated rings. The highest BCUT2D eigenvalue weighted by Crippen LogP contribution is 2.31. The smallest absolute Gasteiger partial charge is 0.415 e. The van der Waals surface area contributed by atoms with E-state index in [-0.39, 0.29) is 18.2 Å². The van der Waals surface area contributed by atoms with Crippen LogP contribution in [-0.2, 0) is 16.4 Å². The minimum absolute atomic E-state index is 0.0239. The van der Waals surface area contributed by atoms with Crippen molar-refractivity contribution in [2.24, 2.45) is 0 Å². The Kier molecular flexibility index (Phi) is 7.92. The fourth-order valence-electron chi connectivity index (χ4n) is 3.82. The summed E-state index contributed by atoms with van der Waals surface area (Å²) in [6.07, 6.45) is 1.77. The van der Waals surface area contributed by atoms with Crippen molar-refractivity contribution < 1.29 is 27.1 Å². The molecule has 40 heavy (non-hydrogen) atoms. The normalized spacial score (nSPS) is 11.2. The molecule has 5 rings (SSSR count). The fourth-order valence-corrected chi connectivity index (χ4v) is 4.29. The van der Waals surface area contributed by atoms with E-state index in [1.165, 1.54) is 12.4 Å². The molecule has 2 heterocycles. The molecule has 0 aliphatic heterocycles. The molecule has 0 atom stereocenters. The van der Waals surface area contributed by atoms with Gasteiger partial charge < -0.3 is 24.5 Å². The number of rotatable bonds is 10. The average molecular weight is 559 g/mol. The number of carbonyl (C=O) groups excluding carboxylic acids is 1. The highest BCUT2D eigenvalue weighted by molar-refractivity contribution is 7.90. The van der Waals surface area contributed by atoms with Gasteiger partial charge in [-0.1, -0.05) is 30.3 Å². The van der Waals surface area contributed by atoms with Crippen molar-refractivity contribution in [3.8, 4) is 23.0 Å². The minimum Gasteiger partial charge on any atom is -0.489 e. The van der Waals surface area contributed by atoms with E-state index in [9.17, 15) is 13.2 Å². The van der Waals surface area contributed by atoms with Gasteiger partial charge in [-0.25, -0.2) is 23.2 Å². The molecule has 0 aliphatic carbocycles. The number of nitrogens with one attached hydrogen (secondary N) is 2. The molecule has 0 spiro atoms. The number of ether oxygens (including phenoxy) is 2. The molecule has 0 unspecified atom stereocenters. The Morgan fingerprint density at radius 1 is 0.950 bits per heavy atom. The fraction of sp³-hybridized carbons (Fsp3) is 0.138. The van der Waals surface area contributed by atoms with Gasteiger partial charge in [-0.3, -0.25) is 0 Å². The Hall–Kier alpha value is -4.90. The second-order valence-electron chi connectivity index (χ2n) is 8.94. The van der Waals surface area contributed by atoms with Crippen molar-refractivity contribution in [2.45, 2.75) is 6.61 Å². The molecule has 0 saturated heterocycles. The zero-order valence-electron chi connectivity index (χ0n) is 21.5. The molecule has 0 radical (unpaired) electrons. The van der Waals surface area contributed by atoms with Crippen LogP contribution in [0.3, 0.4) is 0 Å². The van der Waals surface area contributed by atoms with Crippen LogP contribution in [0.25, 0.3) is 22.2 Å². The van der Waals surface area contributed by atoms with Gasteiger partial charge in [-0.15, -0.1) is 0 Å². The third-order valence-electron chi connectivity index (χ3n) is 5.80. The van der Waals surface area contributed by atoms with Crippen LogP contribution in [0.2, 0.25) is 0 Å². The van der Waals surface area contributed by atoms with E-state index in [1.54, 1.807) is 6.07 Å². The minimum atomic E-state index is -3.19. The van der Waals surface area contributed by atoms with Crippen LogP contribution < -0.4 is 20.1 Å². The van der Waals surface area contributed by atoms with Gasteiger partial charge in [0.25, 0.3) is 5.95 Å². The summed E-state index contributed by atoms with van der Waals surface area (Å²) >= 11 is 0. The van der Waals surface area contributed by atoms with Gasteiger partial charge in [0.05, 0.1) is 11.3 Å². The summed E-state index contributed by atoms with van der Waals surface area (Å²) in [5.41, 5.74) is 3.38. The summed E-state index contributed by atoms with van der Waals surface area (Å²) < 4.78 is 39.1. The van der Waals surface area contributed by atoms with E-state index in [2.05, 4.69) is 20.6 Å². The molecule has 0 saturated carbocycles. The molecule has 3 aromatic carbocycles. The highest BCUT2D eigenvalue weighted by atomic mass is 32.2. The quantitative estimate of drug-likeness (QED) is 0.233.